The van der Waals surface area contributed by atoms with E-state index in [4.69, 9.17) is 9.72 Å². The summed E-state index contributed by atoms with van der Waals surface area (Å²) in [4.78, 5) is 20.9. The summed E-state index contributed by atoms with van der Waals surface area (Å²) in [6.45, 7) is 4.13. The van der Waals surface area contributed by atoms with Crippen LogP contribution in [0.4, 0.5) is 5.95 Å². The van der Waals surface area contributed by atoms with E-state index in [0.717, 1.165) is 39.1 Å². The summed E-state index contributed by atoms with van der Waals surface area (Å²) in [5, 5.41) is 4.18. The van der Waals surface area contributed by atoms with Crippen molar-refractivity contribution in [3.05, 3.63) is 77.6 Å². The maximum Gasteiger partial charge on any atom is 0.237 e. The van der Waals surface area contributed by atoms with Crippen molar-refractivity contribution in [1.29, 1.82) is 0 Å². The van der Waals surface area contributed by atoms with Gasteiger partial charge in [-0.3, -0.25) is 9.40 Å². The van der Waals surface area contributed by atoms with Crippen molar-refractivity contribution in [1.82, 2.24) is 19.7 Å². The van der Waals surface area contributed by atoms with Crippen LogP contribution in [-0.2, 0) is 18.3 Å². The van der Waals surface area contributed by atoms with Crippen molar-refractivity contribution in [3.8, 4) is 22.9 Å². The van der Waals surface area contributed by atoms with E-state index in [-0.39, 0.29) is 0 Å². The number of nitrogens with zero attached hydrogens (tertiary/aromatic N) is 4. The lowest BCUT2D eigenvalue weighted by Crippen LogP contribution is -2.00. The smallest absolute Gasteiger partial charge is 0.237 e. The Hall–Kier alpha value is -3.65. The molecule has 4 aromatic rings. The van der Waals surface area contributed by atoms with Crippen LogP contribution in [0.5, 0.6) is 11.6 Å². The lowest BCUT2D eigenvalue weighted by atomic mass is 10.00. The molecule has 0 aliphatic rings. The van der Waals surface area contributed by atoms with E-state index in [1.165, 1.54) is 11.9 Å². The highest BCUT2D eigenvalue weighted by Crippen LogP contribution is 2.31. The summed E-state index contributed by atoms with van der Waals surface area (Å²) in [5.74, 6) is 1.50. The van der Waals surface area contributed by atoms with Crippen LogP contribution in [0, 0.1) is 13.8 Å². The predicted octanol–water partition coefficient (Wildman–Crippen LogP) is 5.15. The minimum absolute atomic E-state index is 0.379. The normalized spacial score (nSPS) is 10.7. The highest BCUT2D eigenvalue weighted by atomic mass is 32.2. The van der Waals surface area contributed by atoms with E-state index in [1.807, 2.05) is 49.6 Å². The van der Waals surface area contributed by atoms with Gasteiger partial charge in [-0.25, -0.2) is 4.98 Å². The summed E-state index contributed by atoms with van der Waals surface area (Å²) in [6.07, 6.45) is 4.94. The van der Waals surface area contributed by atoms with Gasteiger partial charge in [-0.2, -0.15) is 10.1 Å². The maximum atomic E-state index is 10.7. The molecule has 7 nitrogen and oxygen atoms in total. The molecule has 0 bridgehead atoms. The van der Waals surface area contributed by atoms with Gasteiger partial charge in [-0.05, 0) is 54.6 Å². The van der Waals surface area contributed by atoms with Crippen LogP contribution in [-0.4, -0.2) is 26.0 Å². The number of ether oxygens (including phenoxy) is 1. The van der Waals surface area contributed by atoms with Crippen molar-refractivity contribution in [2.45, 2.75) is 25.2 Å². The van der Waals surface area contributed by atoms with Crippen LogP contribution < -0.4 is 9.46 Å². The Bertz CT molecular complexity index is 1220. The number of benzene rings is 2. The Balaban J connectivity index is 1.67. The summed E-state index contributed by atoms with van der Waals surface area (Å²) >= 11 is 1.38. The number of nitrogens with one attached hydrogen (secondary N) is 1. The number of carbonyl (C=O) groups is 1. The first-order valence-corrected chi connectivity index (χ1v) is 10.9. The number of anilines is 1. The number of hydrogen-bond donors (Lipinski definition) is 1. The van der Waals surface area contributed by atoms with Gasteiger partial charge in [0.15, 0.2) is 0 Å². The SMILES string of the molecule is Cc1cccc(C)c1-c1cc(Oc2ccc(CC=O)cc2)nc(NSc2cnn(C)c2)n1. The standard InChI is InChI=1S/C24H23N5O2S/c1-16-5-4-6-17(2)23(16)21-13-22(31-19-9-7-18(8-10-19)11-12-30)27-24(26-21)28-32-20-14-25-29(3)15-20/h4-10,12-15H,11H2,1-3H3,(H,26,27,28). The second kappa shape index (κ2) is 9.65. The lowest BCUT2D eigenvalue weighted by molar-refractivity contribution is -0.107. The molecule has 4 rings (SSSR count). The zero-order valence-corrected chi connectivity index (χ0v) is 18.9. The molecule has 1 N–H and O–H groups in total. The second-order valence-corrected chi connectivity index (χ2v) is 8.23. The van der Waals surface area contributed by atoms with E-state index in [1.54, 1.807) is 10.9 Å². The third-order valence-corrected chi connectivity index (χ3v) is 5.58. The molecule has 0 radical (unpaired) electrons. The number of hydrogen-bond acceptors (Lipinski definition) is 7. The van der Waals surface area contributed by atoms with Crippen LogP contribution >= 0.6 is 11.9 Å². The highest BCUT2D eigenvalue weighted by Gasteiger charge is 2.13. The Labute approximate surface area is 191 Å². The number of carbonyl (C=O) groups excluding carboxylic acids is 1. The first-order chi connectivity index (χ1) is 15.5. The zero-order chi connectivity index (χ0) is 22.5. The van der Waals surface area contributed by atoms with Gasteiger partial charge in [0.05, 0.1) is 16.8 Å². The Morgan fingerprint density at radius 3 is 2.50 bits per heavy atom. The van der Waals surface area contributed by atoms with E-state index < -0.39 is 0 Å². The Morgan fingerprint density at radius 1 is 1.09 bits per heavy atom. The van der Waals surface area contributed by atoms with Gasteiger partial charge in [0.25, 0.3) is 0 Å². The van der Waals surface area contributed by atoms with Crippen molar-refractivity contribution in [2.75, 3.05) is 4.72 Å². The molecule has 32 heavy (non-hydrogen) atoms. The zero-order valence-electron chi connectivity index (χ0n) is 18.1. The molecule has 8 heteroatoms. The molecule has 0 aliphatic carbocycles. The first kappa shape index (κ1) is 21.6. The lowest BCUT2D eigenvalue weighted by Gasteiger charge is -2.13. The first-order valence-electron chi connectivity index (χ1n) is 10.1. The van der Waals surface area contributed by atoms with Crippen molar-refractivity contribution in [3.63, 3.8) is 0 Å². The van der Waals surface area contributed by atoms with Crippen molar-refractivity contribution < 1.29 is 9.53 Å². The van der Waals surface area contributed by atoms with Crippen LogP contribution in [0.2, 0.25) is 0 Å². The van der Waals surface area contributed by atoms with Crippen LogP contribution in [0.3, 0.4) is 0 Å². The second-order valence-electron chi connectivity index (χ2n) is 7.35. The third-order valence-electron chi connectivity index (χ3n) is 4.85. The summed E-state index contributed by atoms with van der Waals surface area (Å²) in [5.41, 5.74) is 5.01. The van der Waals surface area contributed by atoms with Gasteiger partial charge in [0.2, 0.25) is 11.8 Å². The summed E-state index contributed by atoms with van der Waals surface area (Å²) in [6, 6.07) is 15.4. The maximum absolute atomic E-state index is 10.7. The average Bonchev–Trinajstić information content (AvgIpc) is 3.19. The highest BCUT2D eigenvalue weighted by molar-refractivity contribution is 8.00. The molecule has 0 spiro atoms. The largest absolute Gasteiger partial charge is 0.439 e. The van der Waals surface area contributed by atoms with Gasteiger partial charge in [-0.15, -0.1) is 0 Å². The summed E-state index contributed by atoms with van der Waals surface area (Å²) in [7, 11) is 1.87. The van der Waals surface area contributed by atoms with Crippen molar-refractivity contribution >= 4 is 24.2 Å². The third kappa shape index (κ3) is 5.15. The predicted molar refractivity (Wildman–Crippen MR) is 126 cm³/mol. The molecule has 0 saturated carbocycles. The number of aryl methyl sites for hydroxylation is 3. The van der Waals surface area contributed by atoms with Crippen LogP contribution in [0.25, 0.3) is 11.3 Å². The van der Waals surface area contributed by atoms with Gasteiger partial charge >= 0.3 is 0 Å². The van der Waals surface area contributed by atoms with Gasteiger partial charge in [0, 0.05) is 31.3 Å². The molecule has 0 saturated heterocycles. The summed E-state index contributed by atoms with van der Waals surface area (Å²) < 4.78 is 11.0. The molecule has 162 valence electrons. The molecule has 0 aliphatic heterocycles. The molecule has 0 atom stereocenters. The topological polar surface area (TPSA) is 81.9 Å². The molecule has 2 heterocycles. The van der Waals surface area contributed by atoms with E-state index in [0.29, 0.717) is 24.0 Å². The molecule has 2 aromatic heterocycles. The van der Waals surface area contributed by atoms with Gasteiger partial charge < -0.3 is 9.53 Å². The molecule has 0 fully saturated rings. The minimum Gasteiger partial charge on any atom is -0.439 e. The van der Waals surface area contributed by atoms with Crippen molar-refractivity contribution in [2.24, 2.45) is 7.05 Å². The Morgan fingerprint density at radius 2 is 1.84 bits per heavy atom. The fourth-order valence-corrected chi connectivity index (χ4v) is 3.94. The fourth-order valence-electron chi connectivity index (χ4n) is 3.34. The van der Waals surface area contributed by atoms with Gasteiger partial charge in [0.1, 0.15) is 12.0 Å². The quantitative estimate of drug-likeness (QED) is 0.297. The molecular weight excluding hydrogens is 422 g/mol. The molecular formula is C24H23N5O2S. The van der Waals surface area contributed by atoms with Crippen LogP contribution in [0.15, 0.2) is 65.8 Å². The number of aromatic nitrogens is 4. The molecule has 2 aromatic carbocycles. The van der Waals surface area contributed by atoms with E-state index >= 15 is 0 Å². The Kier molecular flexibility index (Phi) is 6.51. The van der Waals surface area contributed by atoms with Gasteiger partial charge in [-0.1, -0.05) is 30.3 Å². The van der Waals surface area contributed by atoms with Crippen LogP contribution in [0.1, 0.15) is 16.7 Å². The van der Waals surface area contributed by atoms with E-state index in [9.17, 15) is 4.79 Å². The minimum atomic E-state index is 0.379. The monoisotopic (exact) mass is 445 g/mol. The average molecular weight is 446 g/mol. The van der Waals surface area contributed by atoms with E-state index in [2.05, 4.69) is 40.8 Å². The fraction of sp³-hybridized carbons (Fsp3) is 0.167. The molecule has 0 amide bonds. The number of rotatable bonds is 8. The number of aldehydes is 1. The molecule has 0 unspecified atom stereocenters.